The van der Waals surface area contributed by atoms with Gasteiger partial charge < -0.3 is 0 Å². The zero-order chi connectivity index (χ0) is 11.0. The van der Waals surface area contributed by atoms with Gasteiger partial charge in [0.15, 0.2) is 0 Å². The van der Waals surface area contributed by atoms with Crippen molar-refractivity contribution in [3.05, 3.63) is 53.4 Å². The molecule has 0 amide bonds. The Kier molecular flexibility index (Phi) is 2.11. The van der Waals surface area contributed by atoms with E-state index in [9.17, 15) is 0 Å². The van der Waals surface area contributed by atoms with Crippen molar-refractivity contribution < 1.29 is 0 Å². The van der Waals surface area contributed by atoms with Crippen molar-refractivity contribution in [1.29, 1.82) is 0 Å². The number of nitrogens with zero attached hydrogens (tertiary/aromatic N) is 2. The first-order chi connectivity index (χ1) is 7.86. The SMILES string of the molecule is S=c1ncnc2ccc3cccccc3c12. The summed E-state index contributed by atoms with van der Waals surface area (Å²) in [4.78, 5) is 8.32. The van der Waals surface area contributed by atoms with Crippen molar-refractivity contribution >= 4 is 33.9 Å². The lowest BCUT2D eigenvalue weighted by Gasteiger charge is -1.99. The molecule has 0 aliphatic heterocycles. The molecule has 0 radical (unpaired) electrons. The van der Waals surface area contributed by atoms with Crippen LogP contribution in [0.25, 0.3) is 21.7 Å². The van der Waals surface area contributed by atoms with Crippen LogP contribution in [0, 0.1) is 4.64 Å². The quantitative estimate of drug-likeness (QED) is 0.546. The third-order valence-electron chi connectivity index (χ3n) is 2.60. The van der Waals surface area contributed by atoms with Gasteiger partial charge in [-0.2, -0.15) is 0 Å². The number of fused-ring (bicyclic) bond motifs is 3. The van der Waals surface area contributed by atoms with E-state index < -0.39 is 0 Å². The zero-order valence-corrected chi connectivity index (χ0v) is 9.24. The minimum atomic E-state index is 0.613. The summed E-state index contributed by atoms with van der Waals surface area (Å²) in [5.74, 6) is 0. The van der Waals surface area contributed by atoms with Crippen LogP contribution >= 0.6 is 12.2 Å². The molecule has 0 atom stereocenters. The van der Waals surface area contributed by atoms with Crippen LogP contribution in [0.2, 0.25) is 0 Å². The highest BCUT2D eigenvalue weighted by Crippen LogP contribution is 2.23. The molecule has 0 unspecified atom stereocenters. The van der Waals surface area contributed by atoms with E-state index in [1.807, 2.05) is 24.3 Å². The van der Waals surface area contributed by atoms with E-state index in [1.165, 1.54) is 6.33 Å². The molecule has 0 bridgehead atoms. The van der Waals surface area contributed by atoms with Gasteiger partial charge in [0.2, 0.25) is 0 Å². The first-order valence-electron chi connectivity index (χ1n) is 4.99. The summed E-state index contributed by atoms with van der Waals surface area (Å²) in [5.41, 5.74) is 0.902. The van der Waals surface area contributed by atoms with E-state index in [4.69, 9.17) is 12.2 Å². The average Bonchev–Trinajstić information content (AvgIpc) is 2.54. The average molecular weight is 224 g/mol. The summed E-state index contributed by atoms with van der Waals surface area (Å²) >= 11 is 5.26. The smallest absolute Gasteiger partial charge is 0.138 e. The van der Waals surface area contributed by atoms with Gasteiger partial charge in [-0.1, -0.05) is 48.6 Å². The Morgan fingerprint density at radius 3 is 2.69 bits per heavy atom. The van der Waals surface area contributed by atoms with Gasteiger partial charge in [-0.25, -0.2) is 9.97 Å². The highest BCUT2D eigenvalue weighted by molar-refractivity contribution is 7.71. The van der Waals surface area contributed by atoms with Crippen molar-refractivity contribution in [3.8, 4) is 0 Å². The molecule has 0 saturated heterocycles. The standard InChI is InChI=1S/C13H8N2S/c16-13-12-10-5-3-1-2-4-9(10)6-7-11(12)14-8-15-13/h1-8H. The molecule has 3 aromatic rings. The highest BCUT2D eigenvalue weighted by Gasteiger charge is 2.01. The second-order valence-corrected chi connectivity index (χ2v) is 3.94. The Morgan fingerprint density at radius 1 is 0.875 bits per heavy atom. The van der Waals surface area contributed by atoms with Crippen LogP contribution in [0.3, 0.4) is 0 Å². The molecule has 0 fully saturated rings. The molecule has 2 nitrogen and oxygen atoms in total. The minimum Gasteiger partial charge on any atom is -0.236 e. The number of hydrogen-bond donors (Lipinski definition) is 0. The molecule has 3 heteroatoms. The summed E-state index contributed by atoms with van der Waals surface area (Å²) in [7, 11) is 0. The lowest BCUT2D eigenvalue weighted by atomic mass is 10.1. The second kappa shape index (κ2) is 3.61. The Balaban J connectivity index is 2.70. The molecular weight excluding hydrogens is 216 g/mol. The molecule has 76 valence electrons. The normalized spacial score (nSPS) is 10.8. The van der Waals surface area contributed by atoms with Gasteiger partial charge >= 0.3 is 0 Å². The van der Waals surface area contributed by atoms with E-state index in [-0.39, 0.29) is 0 Å². The molecule has 1 heterocycles. The van der Waals surface area contributed by atoms with Gasteiger partial charge in [0.05, 0.1) is 5.52 Å². The largest absolute Gasteiger partial charge is 0.236 e. The Hall–Kier alpha value is -1.87. The third kappa shape index (κ3) is 1.37. The van der Waals surface area contributed by atoms with E-state index in [0.717, 1.165) is 21.7 Å². The highest BCUT2D eigenvalue weighted by atomic mass is 32.1. The predicted octanol–water partition coefficient (Wildman–Crippen LogP) is 3.51. The first-order valence-corrected chi connectivity index (χ1v) is 5.40. The molecule has 0 aliphatic rings. The Labute approximate surface area is 97.6 Å². The summed E-state index contributed by atoms with van der Waals surface area (Å²) in [6.07, 6.45) is 1.51. The number of hydrogen-bond acceptors (Lipinski definition) is 3. The number of aromatic nitrogens is 2. The third-order valence-corrected chi connectivity index (χ3v) is 2.91. The van der Waals surface area contributed by atoms with E-state index in [1.54, 1.807) is 0 Å². The molecule has 0 saturated carbocycles. The maximum atomic E-state index is 5.26. The lowest BCUT2D eigenvalue weighted by molar-refractivity contribution is 1.21. The van der Waals surface area contributed by atoms with Gasteiger partial charge in [0, 0.05) is 5.39 Å². The van der Waals surface area contributed by atoms with E-state index >= 15 is 0 Å². The second-order valence-electron chi connectivity index (χ2n) is 3.55. The Morgan fingerprint density at radius 2 is 1.75 bits per heavy atom. The molecular formula is C13H8N2S. The van der Waals surface area contributed by atoms with Crippen molar-refractivity contribution in [2.24, 2.45) is 0 Å². The molecule has 0 spiro atoms. The predicted molar refractivity (Wildman–Crippen MR) is 67.9 cm³/mol. The number of rotatable bonds is 0. The van der Waals surface area contributed by atoms with E-state index in [0.29, 0.717) is 4.64 Å². The summed E-state index contributed by atoms with van der Waals surface area (Å²) in [6, 6.07) is 14.2. The number of benzene rings is 1. The van der Waals surface area contributed by atoms with Gasteiger partial charge in [0.1, 0.15) is 11.0 Å². The van der Waals surface area contributed by atoms with Crippen LogP contribution < -0.4 is 0 Å². The molecule has 2 aromatic carbocycles. The van der Waals surface area contributed by atoms with Gasteiger partial charge in [-0.15, -0.1) is 0 Å². The minimum absolute atomic E-state index is 0.613. The first kappa shape index (κ1) is 9.36. The summed E-state index contributed by atoms with van der Waals surface area (Å²) in [5, 5.41) is 3.22. The van der Waals surface area contributed by atoms with E-state index in [2.05, 4.69) is 28.2 Å². The summed E-state index contributed by atoms with van der Waals surface area (Å²) in [6.45, 7) is 0. The fourth-order valence-electron chi connectivity index (χ4n) is 1.86. The molecule has 1 aromatic heterocycles. The fraction of sp³-hybridized carbons (Fsp3) is 0. The van der Waals surface area contributed by atoms with Crippen LogP contribution in [0.5, 0.6) is 0 Å². The van der Waals surface area contributed by atoms with Crippen molar-refractivity contribution in [2.75, 3.05) is 0 Å². The van der Waals surface area contributed by atoms with Crippen LogP contribution in [0.4, 0.5) is 0 Å². The van der Waals surface area contributed by atoms with Gasteiger partial charge in [-0.05, 0) is 16.8 Å². The molecule has 0 aliphatic carbocycles. The van der Waals surface area contributed by atoms with Gasteiger partial charge in [-0.3, -0.25) is 0 Å². The maximum Gasteiger partial charge on any atom is 0.138 e. The van der Waals surface area contributed by atoms with Gasteiger partial charge in [0.25, 0.3) is 0 Å². The maximum absolute atomic E-state index is 5.26. The Bertz CT molecular complexity index is 738. The van der Waals surface area contributed by atoms with Crippen LogP contribution in [-0.4, -0.2) is 9.97 Å². The monoisotopic (exact) mass is 224 g/mol. The fourth-order valence-corrected chi connectivity index (χ4v) is 2.13. The molecule has 16 heavy (non-hydrogen) atoms. The van der Waals surface area contributed by atoms with Crippen molar-refractivity contribution in [2.45, 2.75) is 0 Å². The summed E-state index contributed by atoms with van der Waals surface area (Å²) < 4.78 is 0.613. The van der Waals surface area contributed by atoms with Crippen LogP contribution in [-0.2, 0) is 0 Å². The topological polar surface area (TPSA) is 25.8 Å². The molecule has 3 rings (SSSR count). The van der Waals surface area contributed by atoms with Crippen LogP contribution in [0.1, 0.15) is 0 Å². The van der Waals surface area contributed by atoms with Crippen molar-refractivity contribution in [1.82, 2.24) is 9.97 Å². The molecule has 0 N–H and O–H groups in total. The zero-order valence-electron chi connectivity index (χ0n) is 8.42. The lowest BCUT2D eigenvalue weighted by Crippen LogP contribution is -1.83. The van der Waals surface area contributed by atoms with Crippen molar-refractivity contribution in [3.63, 3.8) is 0 Å². The van der Waals surface area contributed by atoms with Crippen LogP contribution in [0.15, 0.2) is 48.8 Å².